The molecule has 0 fully saturated rings. The van der Waals surface area contributed by atoms with E-state index in [2.05, 4.69) is 18.0 Å². The molecule has 0 amide bonds. The first-order valence-electron chi connectivity index (χ1n) is 5.42. The Kier molecular flexibility index (Phi) is 2.62. The molecule has 0 aliphatic rings. The van der Waals surface area contributed by atoms with Gasteiger partial charge in [-0.25, -0.2) is 4.98 Å². The van der Waals surface area contributed by atoms with Crippen molar-refractivity contribution in [2.24, 2.45) is 0 Å². The van der Waals surface area contributed by atoms with Gasteiger partial charge >= 0.3 is 0 Å². The molecule has 3 nitrogen and oxygen atoms in total. The van der Waals surface area contributed by atoms with E-state index in [0.717, 1.165) is 36.3 Å². The number of anilines is 1. The highest BCUT2D eigenvalue weighted by Crippen LogP contribution is 2.24. The Hall–Kier alpha value is -1.51. The predicted molar refractivity (Wildman–Crippen MR) is 61.8 cm³/mol. The van der Waals surface area contributed by atoms with Crippen molar-refractivity contribution in [1.82, 2.24) is 4.98 Å². The van der Waals surface area contributed by atoms with Gasteiger partial charge in [0.1, 0.15) is 5.52 Å². The lowest BCUT2D eigenvalue weighted by Crippen LogP contribution is -1.90. The predicted octanol–water partition coefficient (Wildman–Crippen LogP) is 2.92. The number of oxazole rings is 1. The average Bonchev–Trinajstić information content (AvgIpc) is 2.62. The van der Waals surface area contributed by atoms with Crippen LogP contribution in [0.2, 0.25) is 0 Å². The highest BCUT2D eigenvalue weighted by atomic mass is 16.3. The van der Waals surface area contributed by atoms with Crippen LogP contribution < -0.4 is 5.73 Å². The molecule has 0 saturated heterocycles. The van der Waals surface area contributed by atoms with Crippen LogP contribution in [-0.4, -0.2) is 4.98 Å². The minimum Gasteiger partial charge on any atom is -0.439 e. The normalized spacial score (nSPS) is 11.1. The van der Waals surface area contributed by atoms with Gasteiger partial charge < -0.3 is 10.2 Å². The fourth-order valence-corrected chi connectivity index (χ4v) is 1.75. The van der Waals surface area contributed by atoms with E-state index >= 15 is 0 Å². The number of hydrogen-bond acceptors (Lipinski definition) is 3. The second kappa shape index (κ2) is 3.93. The van der Waals surface area contributed by atoms with E-state index in [1.807, 2.05) is 13.0 Å². The van der Waals surface area contributed by atoms with E-state index in [4.69, 9.17) is 10.2 Å². The summed E-state index contributed by atoms with van der Waals surface area (Å²) < 4.78 is 5.54. The number of fused-ring (bicyclic) bond motifs is 1. The lowest BCUT2D eigenvalue weighted by molar-refractivity contribution is 0.539. The van der Waals surface area contributed by atoms with Crippen molar-refractivity contribution in [1.29, 1.82) is 0 Å². The van der Waals surface area contributed by atoms with Crippen LogP contribution in [-0.2, 0) is 12.8 Å². The standard InChI is InChI=1S/C12H16N2O/c1-3-5-8-6-9(13)12-10(7-8)14-11(4-2)15-12/h6-7H,3-5,13H2,1-2H3. The van der Waals surface area contributed by atoms with Crippen molar-refractivity contribution in [3.8, 4) is 0 Å². The molecule has 3 heteroatoms. The Morgan fingerprint density at radius 1 is 1.33 bits per heavy atom. The molecule has 0 radical (unpaired) electrons. The lowest BCUT2D eigenvalue weighted by Gasteiger charge is -2.00. The first kappa shape index (κ1) is 10.0. The lowest BCUT2D eigenvalue weighted by atomic mass is 10.1. The third kappa shape index (κ3) is 1.82. The molecule has 15 heavy (non-hydrogen) atoms. The van der Waals surface area contributed by atoms with E-state index in [-0.39, 0.29) is 0 Å². The number of nitrogen functional groups attached to an aromatic ring is 1. The monoisotopic (exact) mass is 204 g/mol. The summed E-state index contributed by atoms with van der Waals surface area (Å²) in [5, 5.41) is 0. The van der Waals surface area contributed by atoms with Crippen molar-refractivity contribution in [2.75, 3.05) is 5.73 Å². The summed E-state index contributed by atoms with van der Waals surface area (Å²) in [5.41, 5.74) is 9.47. The van der Waals surface area contributed by atoms with Gasteiger partial charge in [-0.05, 0) is 24.1 Å². The van der Waals surface area contributed by atoms with Gasteiger partial charge in [0, 0.05) is 6.42 Å². The molecule has 1 heterocycles. The number of nitrogens with two attached hydrogens (primary N) is 1. The number of benzene rings is 1. The molecule has 0 saturated carbocycles. The van der Waals surface area contributed by atoms with Gasteiger partial charge in [0.25, 0.3) is 0 Å². The maximum atomic E-state index is 5.92. The fourth-order valence-electron chi connectivity index (χ4n) is 1.75. The number of nitrogens with zero attached hydrogens (tertiary/aromatic N) is 1. The van der Waals surface area contributed by atoms with Crippen LogP contribution in [0, 0.1) is 0 Å². The Morgan fingerprint density at radius 3 is 2.80 bits per heavy atom. The molecule has 1 aromatic heterocycles. The maximum Gasteiger partial charge on any atom is 0.195 e. The van der Waals surface area contributed by atoms with Gasteiger partial charge in [-0.1, -0.05) is 20.3 Å². The Balaban J connectivity index is 2.54. The molecule has 0 bridgehead atoms. The number of hydrogen-bond donors (Lipinski definition) is 1. The van der Waals surface area contributed by atoms with Gasteiger partial charge in [0.05, 0.1) is 5.69 Å². The number of aromatic nitrogens is 1. The topological polar surface area (TPSA) is 52.0 Å². The Labute approximate surface area is 89.3 Å². The summed E-state index contributed by atoms with van der Waals surface area (Å²) in [7, 11) is 0. The smallest absolute Gasteiger partial charge is 0.195 e. The van der Waals surface area contributed by atoms with E-state index in [1.165, 1.54) is 5.56 Å². The van der Waals surface area contributed by atoms with Gasteiger partial charge in [-0.3, -0.25) is 0 Å². The zero-order chi connectivity index (χ0) is 10.8. The summed E-state index contributed by atoms with van der Waals surface area (Å²) in [4.78, 5) is 4.39. The first-order chi connectivity index (χ1) is 7.24. The van der Waals surface area contributed by atoms with Crippen LogP contribution in [0.25, 0.3) is 11.1 Å². The Morgan fingerprint density at radius 2 is 2.13 bits per heavy atom. The molecule has 2 N–H and O–H groups in total. The van der Waals surface area contributed by atoms with Gasteiger partial charge in [-0.2, -0.15) is 0 Å². The van der Waals surface area contributed by atoms with Gasteiger partial charge in [0.2, 0.25) is 0 Å². The second-order valence-electron chi connectivity index (χ2n) is 3.74. The van der Waals surface area contributed by atoms with Crippen LogP contribution >= 0.6 is 0 Å². The van der Waals surface area contributed by atoms with Gasteiger partial charge in [0.15, 0.2) is 11.5 Å². The van der Waals surface area contributed by atoms with Crippen molar-refractivity contribution < 1.29 is 4.42 Å². The SMILES string of the molecule is CCCc1cc(N)c2oc(CC)nc2c1. The van der Waals surface area contributed by atoms with Crippen molar-refractivity contribution in [3.05, 3.63) is 23.6 Å². The summed E-state index contributed by atoms with van der Waals surface area (Å²) in [6.45, 7) is 4.18. The average molecular weight is 204 g/mol. The molecule has 80 valence electrons. The van der Waals surface area contributed by atoms with Crippen LogP contribution in [0.1, 0.15) is 31.7 Å². The third-order valence-corrected chi connectivity index (χ3v) is 2.46. The summed E-state index contributed by atoms with van der Waals surface area (Å²) in [5.74, 6) is 0.755. The van der Waals surface area contributed by atoms with Crippen molar-refractivity contribution in [3.63, 3.8) is 0 Å². The minimum absolute atomic E-state index is 0.697. The first-order valence-corrected chi connectivity index (χ1v) is 5.42. The zero-order valence-electron chi connectivity index (χ0n) is 9.21. The quantitative estimate of drug-likeness (QED) is 0.782. The zero-order valence-corrected chi connectivity index (χ0v) is 9.21. The summed E-state index contributed by atoms with van der Waals surface area (Å²) in [6.07, 6.45) is 2.95. The van der Waals surface area contributed by atoms with E-state index in [9.17, 15) is 0 Å². The van der Waals surface area contributed by atoms with E-state index < -0.39 is 0 Å². The maximum absolute atomic E-state index is 5.92. The van der Waals surface area contributed by atoms with Crippen LogP contribution in [0.3, 0.4) is 0 Å². The minimum atomic E-state index is 0.697. The molecule has 0 aliphatic heterocycles. The van der Waals surface area contributed by atoms with Crippen LogP contribution in [0.5, 0.6) is 0 Å². The summed E-state index contributed by atoms with van der Waals surface area (Å²) in [6, 6.07) is 4.05. The largest absolute Gasteiger partial charge is 0.439 e. The third-order valence-electron chi connectivity index (χ3n) is 2.46. The van der Waals surface area contributed by atoms with Crippen LogP contribution in [0.15, 0.2) is 16.5 Å². The molecule has 1 aromatic carbocycles. The number of aryl methyl sites for hydroxylation is 2. The molecule has 0 aliphatic carbocycles. The molecule has 2 aromatic rings. The van der Waals surface area contributed by atoms with Crippen LogP contribution in [0.4, 0.5) is 5.69 Å². The highest BCUT2D eigenvalue weighted by molar-refractivity contribution is 5.85. The Bertz CT molecular complexity index is 474. The molecule has 2 rings (SSSR count). The number of rotatable bonds is 3. The molecule has 0 spiro atoms. The molecular formula is C12H16N2O. The second-order valence-corrected chi connectivity index (χ2v) is 3.74. The molecular weight excluding hydrogens is 188 g/mol. The fraction of sp³-hybridized carbons (Fsp3) is 0.417. The molecule has 0 atom stereocenters. The van der Waals surface area contributed by atoms with Gasteiger partial charge in [-0.15, -0.1) is 0 Å². The summed E-state index contributed by atoms with van der Waals surface area (Å²) >= 11 is 0. The highest BCUT2D eigenvalue weighted by Gasteiger charge is 2.08. The van der Waals surface area contributed by atoms with E-state index in [0.29, 0.717) is 5.69 Å². The van der Waals surface area contributed by atoms with Crippen molar-refractivity contribution >= 4 is 16.8 Å². The van der Waals surface area contributed by atoms with E-state index in [1.54, 1.807) is 0 Å². The molecule has 0 unspecified atom stereocenters. The van der Waals surface area contributed by atoms with Crippen molar-refractivity contribution in [2.45, 2.75) is 33.1 Å².